The molecular weight excluding hydrogens is 248 g/mol. The largest absolute Gasteiger partial charge is 0.337 e. The fourth-order valence-corrected chi connectivity index (χ4v) is 2.04. The lowest BCUT2D eigenvalue weighted by Crippen LogP contribution is -2.30. The average molecular weight is 262 g/mol. The Morgan fingerprint density at radius 2 is 2.06 bits per heavy atom. The molecule has 0 aliphatic heterocycles. The summed E-state index contributed by atoms with van der Waals surface area (Å²) in [5, 5.41) is 14.4. The van der Waals surface area contributed by atoms with Gasteiger partial charge in [-0.25, -0.2) is 4.79 Å². The molecule has 0 saturated heterocycles. The minimum absolute atomic E-state index is 0.248. The fraction of sp³-hybridized carbons (Fsp3) is 0.250. The molecule has 2 N–H and O–H groups in total. The van der Waals surface area contributed by atoms with Gasteiger partial charge < -0.3 is 5.32 Å². The maximum Gasteiger partial charge on any atom is 0.321 e. The molecule has 2 rings (SSSR count). The van der Waals surface area contributed by atoms with Gasteiger partial charge in [-0.3, -0.25) is 5.32 Å². The molecule has 0 fully saturated rings. The molecule has 6 heteroatoms. The van der Waals surface area contributed by atoms with Gasteiger partial charge in [0.2, 0.25) is 5.13 Å². The smallest absolute Gasteiger partial charge is 0.321 e. The van der Waals surface area contributed by atoms with Crippen molar-refractivity contribution in [3.63, 3.8) is 0 Å². The highest BCUT2D eigenvalue weighted by atomic mass is 32.1. The van der Waals surface area contributed by atoms with E-state index in [0.717, 1.165) is 11.4 Å². The Morgan fingerprint density at radius 1 is 1.28 bits per heavy atom. The Bertz CT molecular complexity index is 512. The lowest BCUT2D eigenvalue weighted by atomic mass is 10.1. The zero-order valence-electron chi connectivity index (χ0n) is 10.0. The first kappa shape index (κ1) is 12.5. The predicted molar refractivity (Wildman–Crippen MR) is 71.8 cm³/mol. The Kier molecular flexibility index (Phi) is 4.25. The zero-order chi connectivity index (χ0) is 12.8. The molecule has 0 aliphatic rings. The Morgan fingerprint density at radius 3 is 2.72 bits per heavy atom. The summed E-state index contributed by atoms with van der Waals surface area (Å²) in [5.41, 5.74) is 1.20. The van der Waals surface area contributed by atoms with Crippen molar-refractivity contribution in [2.45, 2.75) is 13.3 Å². The minimum Gasteiger partial charge on any atom is -0.337 e. The van der Waals surface area contributed by atoms with Gasteiger partial charge in [-0.15, -0.1) is 10.2 Å². The second-order valence-corrected chi connectivity index (χ2v) is 4.92. The quantitative estimate of drug-likeness (QED) is 0.887. The number of carbonyl (C=O) groups is 1. The highest BCUT2D eigenvalue weighted by molar-refractivity contribution is 7.15. The highest BCUT2D eigenvalue weighted by Crippen LogP contribution is 2.12. The number of nitrogens with one attached hydrogen (secondary N) is 2. The van der Waals surface area contributed by atoms with Crippen LogP contribution in [0.5, 0.6) is 0 Å². The number of anilines is 1. The normalized spacial score (nSPS) is 10.1. The third kappa shape index (κ3) is 3.81. The number of benzene rings is 1. The van der Waals surface area contributed by atoms with E-state index < -0.39 is 0 Å². The van der Waals surface area contributed by atoms with E-state index in [0.29, 0.717) is 11.7 Å². The van der Waals surface area contributed by atoms with E-state index in [9.17, 15) is 4.79 Å². The van der Waals surface area contributed by atoms with Gasteiger partial charge in [0.1, 0.15) is 5.01 Å². The number of carbonyl (C=O) groups excluding carboxylic acids is 1. The third-order valence-corrected chi connectivity index (χ3v) is 3.04. The lowest BCUT2D eigenvalue weighted by molar-refractivity contribution is 0.252. The number of urea groups is 1. The number of aryl methyl sites for hydroxylation is 1. The van der Waals surface area contributed by atoms with Crippen LogP contribution in [0.4, 0.5) is 9.93 Å². The molecule has 0 aliphatic carbocycles. The summed E-state index contributed by atoms with van der Waals surface area (Å²) in [7, 11) is 0. The average Bonchev–Trinajstić information content (AvgIpc) is 2.76. The summed E-state index contributed by atoms with van der Waals surface area (Å²) in [6.45, 7) is 2.43. The molecule has 2 amide bonds. The topological polar surface area (TPSA) is 66.9 Å². The maximum absolute atomic E-state index is 11.5. The number of hydrogen-bond acceptors (Lipinski definition) is 4. The standard InChI is InChI=1S/C12H14N4OS/c1-9-15-16-12(18-9)14-11(17)13-8-7-10-5-3-2-4-6-10/h2-6H,7-8H2,1H3,(H2,13,14,16,17). The van der Waals surface area contributed by atoms with Crippen molar-refractivity contribution in [3.8, 4) is 0 Å². The summed E-state index contributed by atoms with van der Waals surface area (Å²) in [6, 6.07) is 9.77. The number of aromatic nitrogens is 2. The summed E-state index contributed by atoms with van der Waals surface area (Å²) in [6.07, 6.45) is 0.809. The van der Waals surface area contributed by atoms with Gasteiger partial charge in [-0.05, 0) is 18.9 Å². The van der Waals surface area contributed by atoms with Crippen molar-refractivity contribution in [1.82, 2.24) is 15.5 Å². The molecule has 0 saturated carbocycles. The van der Waals surface area contributed by atoms with Gasteiger partial charge in [0.15, 0.2) is 0 Å². The first-order valence-electron chi connectivity index (χ1n) is 5.63. The van der Waals surface area contributed by atoms with Gasteiger partial charge >= 0.3 is 6.03 Å². The second-order valence-electron chi connectivity index (χ2n) is 3.74. The van der Waals surface area contributed by atoms with Crippen molar-refractivity contribution in [1.29, 1.82) is 0 Å². The van der Waals surface area contributed by atoms with Gasteiger partial charge in [-0.2, -0.15) is 0 Å². The maximum atomic E-state index is 11.5. The highest BCUT2D eigenvalue weighted by Gasteiger charge is 2.04. The lowest BCUT2D eigenvalue weighted by Gasteiger charge is -2.04. The van der Waals surface area contributed by atoms with Crippen molar-refractivity contribution in [3.05, 3.63) is 40.9 Å². The SMILES string of the molecule is Cc1nnc(NC(=O)NCCc2ccccc2)s1. The van der Waals surface area contributed by atoms with E-state index in [4.69, 9.17) is 0 Å². The molecule has 0 atom stereocenters. The van der Waals surface area contributed by atoms with E-state index >= 15 is 0 Å². The fourth-order valence-electron chi connectivity index (χ4n) is 1.45. The van der Waals surface area contributed by atoms with E-state index in [2.05, 4.69) is 20.8 Å². The van der Waals surface area contributed by atoms with Crippen LogP contribution in [0.3, 0.4) is 0 Å². The van der Waals surface area contributed by atoms with Crippen molar-refractivity contribution in [2.75, 3.05) is 11.9 Å². The van der Waals surface area contributed by atoms with Gasteiger partial charge in [0.05, 0.1) is 0 Å². The summed E-state index contributed by atoms with van der Waals surface area (Å²) < 4.78 is 0. The molecule has 1 heterocycles. The molecule has 2 aromatic rings. The molecule has 0 radical (unpaired) electrons. The van der Waals surface area contributed by atoms with Crippen LogP contribution < -0.4 is 10.6 Å². The van der Waals surface area contributed by atoms with E-state index in [1.54, 1.807) is 0 Å². The van der Waals surface area contributed by atoms with Crippen LogP contribution in [0.2, 0.25) is 0 Å². The van der Waals surface area contributed by atoms with Crippen LogP contribution in [0.1, 0.15) is 10.6 Å². The van der Waals surface area contributed by atoms with Crippen LogP contribution in [-0.4, -0.2) is 22.8 Å². The second kappa shape index (κ2) is 6.11. The molecular formula is C12H14N4OS. The molecule has 0 bridgehead atoms. The zero-order valence-corrected chi connectivity index (χ0v) is 10.8. The molecule has 94 valence electrons. The third-order valence-electron chi connectivity index (χ3n) is 2.29. The molecule has 1 aromatic carbocycles. The van der Waals surface area contributed by atoms with Crippen molar-refractivity contribution in [2.24, 2.45) is 0 Å². The first-order chi connectivity index (χ1) is 8.74. The molecule has 0 spiro atoms. The van der Waals surface area contributed by atoms with Crippen LogP contribution in [-0.2, 0) is 6.42 Å². The monoisotopic (exact) mass is 262 g/mol. The van der Waals surface area contributed by atoms with Crippen LogP contribution in [0.15, 0.2) is 30.3 Å². The van der Waals surface area contributed by atoms with Gasteiger partial charge in [0.25, 0.3) is 0 Å². The molecule has 0 unspecified atom stereocenters. The van der Waals surface area contributed by atoms with Crippen LogP contribution >= 0.6 is 11.3 Å². The Balaban J connectivity index is 1.72. The van der Waals surface area contributed by atoms with E-state index in [-0.39, 0.29) is 6.03 Å². The van der Waals surface area contributed by atoms with E-state index in [1.165, 1.54) is 16.9 Å². The van der Waals surface area contributed by atoms with Crippen LogP contribution in [0, 0.1) is 6.92 Å². The summed E-state index contributed by atoms with van der Waals surface area (Å²) in [4.78, 5) is 11.5. The van der Waals surface area contributed by atoms with Crippen LogP contribution in [0.25, 0.3) is 0 Å². The van der Waals surface area contributed by atoms with Gasteiger partial charge in [0, 0.05) is 6.54 Å². The number of amides is 2. The number of rotatable bonds is 4. The molecule has 1 aromatic heterocycles. The molecule has 18 heavy (non-hydrogen) atoms. The molecule has 5 nitrogen and oxygen atoms in total. The van der Waals surface area contributed by atoms with Gasteiger partial charge in [-0.1, -0.05) is 41.7 Å². The predicted octanol–water partition coefficient (Wildman–Crippen LogP) is 2.21. The number of hydrogen-bond donors (Lipinski definition) is 2. The Hall–Kier alpha value is -1.95. The number of nitrogens with zero attached hydrogens (tertiary/aromatic N) is 2. The minimum atomic E-state index is -0.248. The Labute approximate surface area is 109 Å². The van der Waals surface area contributed by atoms with Crippen molar-refractivity contribution < 1.29 is 4.79 Å². The van der Waals surface area contributed by atoms with E-state index in [1.807, 2.05) is 37.3 Å². The van der Waals surface area contributed by atoms with Crippen molar-refractivity contribution >= 4 is 22.5 Å². The summed E-state index contributed by atoms with van der Waals surface area (Å²) in [5.74, 6) is 0. The first-order valence-corrected chi connectivity index (χ1v) is 6.44. The summed E-state index contributed by atoms with van der Waals surface area (Å²) >= 11 is 1.35.